The van der Waals surface area contributed by atoms with Crippen molar-refractivity contribution in [3.05, 3.63) is 23.3 Å². The Morgan fingerprint density at radius 2 is 2.24 bits per heavy atom. The highest BCUT2D eigenvalue weighted by Crippen LogP contribution is 2.55. The first kappa shape index (κ1) is 11.1. The van der Waals surface area contributed by atoms with E-state index >= 15 is 0 Å². The molecule has 2 saturated carbocycles. The predicted octanol–water partition coefficient (Wildman–Crippen LogP) is 3.38. The normalized spacial score (nSPS) is 41.1. The van der Waals surface area contributed by atoms with Crippen LogP contribution in [0.15, 0.2) is 23.3 Å². The van der Waals surface area contributed by atoms with E-state index in [9.17, 15) is 4.79 Å². The van der Waals surface area contributed by atoms with Crippen LogP contribution in [0.1, 0.15) is 46.0 Å². The summed E-state index contributed by atoms with van der Waals surface area (Å²) in [4.78, 5) is 11.6. The number of allylic oxidation sites excluding steroid dienone is 1. The lowest BCUT2D eigenvalue weighted by atomic mass is 9.57. The van der Waals surface area contributed by atoms with Gasteiger partial charge in [0.1, 0.15) is 6.10 Å². The maximum absolute atomic E-state index is 11.6. The molecule has 2 aliphatic carbocycles. The van der Waals surface area contributed by atoms with Crippen LogP contribution in [0.25, 0.3) is 0 Å². The van der Waals surface area contributed by atoms with Crippen LogP contribution in [-0.2, 0) is 9.53 Å². The van der Waals surface area contributed by atoms with Gasteiger partial charge >= 0.3 is 5.97 Å². The monoisotopic (exact) mass is 232 g/mol. The molecule has 0 aromatic heterocycles. The van der Waals surface area contributed by atoms with Gasteiger partial charge in [-0.05, 0) is 55.9 Å². The van der Waals surface area contributed by atoms with Crippen LogP contribution in [0.5, 0.6) is 0 Å². The molecule has 2 fully saturated rings. The Balaban J connectivity index is 1.97. The van der Waals surface area contributed by atoms with Crippen LogP contribution in [0.3, 0.4) is 0 Å². The quantitative estimate of drug-likeness (QED) is 0.472. The molecule has 92 valence electrons. The van der Waals surface area contributed by atoms with Gasteiger partial charge in [-0.3, -0.25) is 0 Å². The molecule has 2 heteroatoms. The highest BCUT2D eigenvalue weighted by Gasteiger charge is 2.49. The Labute approximate surface area is 103 Å². The number of carbonyl (C=O) groups is 1. The zero-order valence-electron chi connectivity index (χ0n) is 10.7. The van der Waals surface area contributed by atoms with Crippen LogP contribution in [0.2, 0.25) is 0 Å². The molecule has 0 aromatic rings. The van der Waals surface area contributed by atoms with Crippen molar-refractivity contribution < 1.29 is 9.53 Å². The third kappa shape index (κ3) is 1.50. The lowest BCUT2D eigenvalue weighted by Crippen LogP contribution is -2.41. The summed E-state index contributed by atoms with van der Waals surface area (Å²) in [5.74, 6) is 0.463. The van der Waals surface area contributed by atoms with Gasteiger partial charge in [0.25, 0.3) is 0 Å². The van der Waals surface area contributed by atoms with Crippen molar-refractivity contribution in [3.8, 4) is 0 Å². The Hall–Kier alpha value is -1.05. The maximum atomic E-state index is 11.6. The molecule has 1 aliphatic heterocycles. The molecule has 0 bridgehead atoms. The molecular formula is C15H20O2. The molecule has 3 unspecified atom stereocenters. The minimum atomic E-state index is -0.0992. The van der Waals surface area contributed by atoms with Crippen molar-refractivity contribution >= 4 is 5.97 Å². The maximum Gasteiger partial charge on any atom is 0.334 e. The second-order valence-electron chi connectivity index (χ2n) is 6.17. The first-order valence-electron chi connectivity index (χ1n) is 6.59. The fraction of sp³-hybridized carbons (Fsp3) is 0.667. The van der Waals surface area contributed by atoms with Crippen LogP contribution in [-0.4, -0.2) is 12.1 Å². The predicted molar refractivity (Wildman–Crippen MR) is 66.4 cm³/mol. The van der Waals surface area contributed by atoms with Crippen molar-refractivity contribution in [1.29, 1.82) is 0 Å². The number of hydrogen-bond donors (Lipinski definition) is 0. The van der Waals surface area contributed by atoms with Crippen molar-refractivity contribution in [2.24, 2.45) is 11.3 Å². The van der Waals surface area contributed by atoms with Gasteiger partial charge in [0.2, 0.25) is 0 Å². The van der Waals surface area contributed by atoms with E-state index in [1.165, 1.54) is 24.0 Å². The van der Waals surface area contributed by atoms with Gasteiger partial charge in [-0.1, -0.05) is 19.1 Å². The molecule has 3 rings (SSSR count). The third-order valence-corrected chi connectivity index (χ3v) is 5.08. The number of ether oxygens (including phenoxy) is 1. The minimum absolute atomic E-state index is 0.0645. The fourth-order valence-electron chi connectivity index (χ4n) is 3.95. The summed E-state index contributed by atoms with van der Waals surface area (Å²) in [5.41, 5.74) is 3.79. The van der Waals surface area contributed by atoms with E-state index < -0.39 is 0 Å². The summed E-state index contributed by atoms with van der Waals surface area (Å²) in [7, 11) is 0. The van der Waals surface area contributed by atoms with Gasteiger partial charge < -0.3 is 4.74 Å². The highest BCUT2D eigenvalue weighted by molar-refractivity contribution is 5.91. The van der Waals surface area contributed by atoms with Gasteiger partial charge in [0.05, 0.1) is 0 Å². The largest absolute Gasteiger partial charge is 0.454 e. The second-order valence-corrected chi connectivity index (χ2v) is 6.17. The summed E-state index contributed by atoms with van der Waals surface area (Å²) in [6.45, 7) is 8.51. The molecule has 1 heterocycles. The summed E-state index contributed by atoms with van der Waals surface area (Å²) in [6.07, 6.45) is 5.70. The Morgan fingerprint density at radius 3 is 3.00 bits per heavy atom. The van der Waals surface area contributed by atoms with Crippen LogP contribution in [0, 0.1) is 11.3 Å². The van der Waals surface area contributed by atoms with E-state index in [2.05, 4.69) is 13.5 Å². The van der Waals surface area contributed by atoms with E-state index in [1.54, 1.807) is 0 Å². The standard InChI is InChI=1S/C15H20O2/c1-9-5-4-6-15(3)8-13-11(7-12(9)15)10(2)14(16)17-13/h12-13H,1,4-8H2,2-3H3. The van der Waals surface area contributed by atoms with Crippen molar-refractivity contribution in [2.45, 2.75) is 52.1 Å². The molecule has 0 N–H and O–H groups in total. The summed E-state index contributed by atoms with van der Waals surface area (Å²) >= 11 is 0. The van der Waals surface area contributed by atoms with E-state index in [0.29, 0.717) is 11.3 Å². The first-order chi connectivity index (χ1) is 8.01. The zero-order valence-corrected chi connectivity index (χ0v) is 10.7. The second kappa shape index (κ2) is 3.47. The Bertz CT molecular complexity index is 432. The summed E-state index contributed by atoms with van der Waals surface area (Å²) < 4.78 is 5.48. The smallest absolute Gasteiger partial charge is 0.334 e. The first-order valence-corrected chi connectivity index (χ1v) is 6.59. The molecular weight excluding hydrogens is 212 g/mol. The van der Waals surface area contributed by atoms with Gasteiger partial charge in [0, 0.05) is 5.57 Å². The molecule has 0 spiro atoms. The summed E-state index contributed by atoms with van der Waals surface area (Å²) in [6, 6.07) is 0. The zero-order chi connectivity index (χ0) is 12.2. The Kier molecular flexibility index (Phi) is 2.26. The number of rotatable bonds is 0. The highest BCUT2D eigenvalue weighted by atomic mass is 16.5. The fourth-order valence-corrected chi connectivity index (χ4v) is 3.95. The molecule has 17 heavy (non-hydrogen) atoms. The summed E-state index contributed by atoms with van der Waals surface area (Å²) in [5, 5.41) is 0. The molecule has 3 atom stereocenters. The molecule has 0 radical (unpaired) electrons. The van der Waals surface area contributed by atoms with Crippen molar-refractivity contribution in [3.63, 3.8) is 0 Å². The van der Waals surface area contributed by atoms with Gasteiger partial charge in [0.15, 0.2) is 0 Å². The minimum Gasteiger partial charge on any atom is -0.454 e. The SMILES string of the molecule is C=C1CCCC2(C)CC3OC(=O)C(C)=C3CC12. The lowest BCUT2D eigenvalue weighted by Gasteiger charge is -2.48. The molecule has 3 aliphatic rings. The molecule has 2 nitrogen and oxygen atoms in total. The van der Waals surface area contributed by atoms with E-state index in [4.69, 9.17) is 4.74 Å². The van der Waals surface area contributed by atoms with Crippen molar-refractivity contribution in [1.82, 2.24) is 0 Å². The number of esters is 1. The average Bonchev–Trinajstić information content (AvgIpc) is 2.52. The number of carbonyl (C=O) groups excluding carboxylic acids is 1. The molecule has 0 saturated heterocycles. The van der Waals surface area contributed by atoms with E-state index in [1.807, 2.05) is 6.92 Å². The van der Waals surface area contributed by atoms with Gasteiger partial charge in [-0.2, -0.15) is 0 Å². The topological polar surface area (TPSA) is 26.3 Å². The van der Waals surface area contributed by atoms with Crippen molar-refractivity contribution in [2.75, 3.05) is 0 Å². The number of fused-ring (bicyclic) bond motifs is 2. The number of hydrogen-bond acceptors (Lipinski definition) is 2. The molecule has 0 aromatic carbocycles. The van der Waals surface area contributed by atoms with Crippen LogP contribution < -0.4 is 0 Å². The lowest BCUT2D eigenvalue weighted by molar-refractivity contribution is -0.141. The Morgan fingerprint density at radius 1 is 1.47 bits per heavy atom. The van der Waals surface area contributed by atoms with Gasteiger partial charge in [-0.25, -0.2) is 4.79 Å². The third-order valence-electron chi connectivity index (χ3n) is 5.08. The van der Waals surface area contributed by atoms with Gasteiger partial charge in [-0.15, -0.1) is 0 Å². The molecule has 0 amide bonds. The van der Waals surface area contributed by atoms with Crippen LogP contribution >= 0.6 is 0 Å². The average molecular weight is 232 g/mol. The van der Waals surface area contributed by atoms with Crippen LogP contribution in [0.4, 0.5) is 0 Å². The van der Waals surface area contributed by atoms with E-state index in [0.717, 1.165) is 24.8 Å². The van der Waals surface area contributed by atoms with E-state index in [-0.39, 0.29) is 12.1 Å².